The van der Waals surface area contributed by atoms with E-state index in [0.717, 1.165) is 16.5 Å². The van der Waals surface area contributed by atoms with Gasteiger partial charge in [0.25, 0.3) is 0 Å². The van der Waals surface area contributed by atoms with E-state index in [9.17, 15) is 14.7 Å². The molecule has 2 heterocycles. The lowest BCUT2D eigenvalue weighted by Gasteiger charge is -2.23. The summed E-state index contributed by atoms with van der Waals surface area (Å²) >= 11 is 0. The van der Waals surface area contributed by atoms with Gasteiger partial charge in [-0.1, -0.05) is 13.8 Å². The number of aromatic amines is 1. The number of hydrogen-bond acceptors (Lipinski definition) is 5. The molecule has 0 fully saturated rings. The van der Waals surface area contributed by atoms with Crippen molar-refractivity contribution in [3.8, 4) is 0 Å². The molecule has 132 valence electrons. The molecule has 0 radical (unpaired) electrons. The molecule has 3 rings (SSSR count). The smallest absolute Gasteiger partial charge is 0.224 e. The predicted octanol–water partition coefficient (Wildman–Crippen LogP) is 3.06. The summed E-state index contributed by atoms with van der Waals surface area (Å²) < 4.78 is 0. The lowest BCUT2D eigenvalue weighted by Crippen LogP contribution is -2.18. The van der Waals surface area contributed by atoms with E-state index in [1.165, 1.54) is 0 Å². The normalized spacial score (nSPS) is 15.2. The van der Waals surface area contributed by atoms with Gasteiger partial charge in [-0.2, -0.15) is 0 Å². The first kappa shape index (κ1) is 16.9. The van der Waals surface area contributed by atoms with Gasteiger partial charge >= 0.3 is 0 Å². The van der Waals surface area contributed by atoms with Crippen molar-refractivity contribution in [1.82, 2.24) is 4.98 Å². The number of nitrogens with two attached hydrogens (primary N) is 1. The third kappa shape index (κ3) is 3.17. The van der Waals surface area contributed by atoms with Gasteiger partial charge in [-0.3, -0.25) is 4.79 Å². The van der Waals surface area contributed by atoms with Gasteiger partial charge in [-0.05, 0) is 17.5 Å². The Morgan fingerprint density at radius 3 is 2.92 bits per heavy atom. The number of aliphatic hydroxyl groups is 1. The Bertz CT molecular complexity index is 880. The zero-order chi connectivity index (χ0) is 18.1. The summed E-state index contributed by atoms with van der Waals surface area (Å²) in [4.78, 5) is 26.0. The van der Waals surface area contributed by atoms with Gasteiger partial charge in [-0.25, -0.2) is 0 Å². The monoisotopic (exact) mass is 342 g/mol. The summed E-state index contributed by atoms with van der Waals surface area (Å²) in [6.45, 7) is 3.95. The summed E-state index contributed by atoms with van der Waals surface area (Å²) in [5.41, 5.74) is 10.2. The Morgan fingerprint density at radius 2 is 2.24 bits per heavy atom. The number of benzene rings is 1. The molecule has 0 saturated heterocycles. The number of aliphatic hydroxyl groups excluding tert-OH is 1. The summed E-state index contributed by atoms with van der Waals surface area (Å²) in [5.74, 6) is 0.128. The molecule has 0 unspecified atom stereocenters. The second-order valence-corrected chi connectivity index (χ2v) is 6.70. The highest BCUT2D eigenvalue weighted by Crippen LogP contribution is 2.42. The number of carbonyl (C=O) groups is 2. The van der Waals surface area contributed by atoms with E-state index >= 15 is 0 Å². The number of carbonyl (C=O) groups excluding carboxylic acids is 2. The first-order chi connectivity index (χ1) is 11.9. The van der Waals surface area contributed by atoms with Crippen molar-refractivity contribution in [3.63, 3.8) is 0 Å². The van der Waals surface area contributed by atoms with Crippen LogP contribution in [-0.4, -0.2) is 22.3 Å². The molecule has 0 aliphatic carbocycles. The number of allylic oxidation sites excluding steroid dienone is 2. The molecule has 7 nitrogen and oxygen atoms in total. The standard InChI is InChI=1S/C18H22N4O3/c1-9(2)5-15(25)21-13-7-11(19)17-16-10(8-20-17)6-12(22-18(13)16)14(24)3-4-23/h4,7-9,20,22,24H,3,5-6,19H2,1-2H3,(H,21,25)/b14-12-. The third-order valence-corrected chi connectivity index (χ3v) is 4.21. The molecule has 1 aromatic heterocycles. The van der Waals surface area contributed by atoms with Crippen molar-refractivity contribution in [1.29, 1.82) is 0 Å². The van der Waals surface area contributed by atoms with Gasteiger partial charge in [0.05, 0.1) is 34.7 Å². The van der Waals surface area contributed by atoms with Crippen LogP contribution in [0, 0.1) is 5.92 Å². The number of rotatable bonds is 5. The summed E-state index contributed by atoms with van der Waals surface area (Å²) in [6, 6.07) is 1.70. The van der Waals surface area contributed by atoms with Crippen molar-refractivity contribution in [3.05, 3.63) is 29.3 Å². The molecule has 6 N–H and O–H groups in total. The molecule has 1 aliphatic heterocycles. The van der Waals surface area contributed by atoms with Gasteiger partial charge in [0.15, 0.2) is 0 Å². The molecule has 0 bridgehead atoms. The first-order valence-electron chi connectivity index (χ1n) is 8.24. The lowest BCUT2D eigenvalue weighted by atomic mass is 9.99. The molecule has 1 aliphatic rings. The highest BCUT2D eigenvalue weighted by atomic mass is 16.3. The zero-order valence-electron chi connectivity index (χ0n) is 14.3. The number of nitrogens with one attached hydrogen (secondary N) is 3. The first-order valence-corrected chi connectivity index (χ1v) is 8.24. The number of amides is 1. The van der Waals surface area contributed by atoms with Gasteiger partial charge in [-0.15, -0.1) is 0 Å². The van der Waals surface area contributed by atoms with Crippen LogP contribution in [0.15, 0.2) is 23.7 Å². The largest absolute Gasteiger partial charge is 0.510 e. The summed E-state index contributed by atoms with van der Waals surface area (Å²) in [7, 11) is 0. The summed E-state index contributed by atoms with van der Waals surface area (Å²) in [6.07, 6.45) is 3.28. The minimum Gasteiger partial charge on any atom is -0.510 e. The number of aromatic nitrogens is 1. The Labute approximate surface area is 145 Å². The quantitative estimate of drug-likeness (QED) is 0.325. The Balaban J connectivity index is 2.07. The van der Waals surface area contributed by atoms with Gasteiger partial charge < -0.3 is 31.3 Å². The minimum absolute atomic E-state index is 0.00807. The van der Waals surface area contributed by atoms with E-state index in [1.807, 2.05) is 20.0 Å². The van der Waals surface area contributed by atoms with Gasteiger partial charge in [0, 0.05) is 24.4 Å². The highest BCUT2D eigenvalue weighted by molar-refractivity contribution is 6.11. The number of H-pyrrole nitrogens is 1. The highest BCUT2D eigenvalue weighted by Gasteiger charge is 2.24. The molecule has 0 saturated carbocycles. The topological polar surface area (TPSA) is 120 Å². The van der Waals surface area contributed by atoms with Gasteiger partial charge in [0.2, 0.25) is 5.91 Å². The molecule has 0 atom stereocenters. The number of anilines is 3. The summed E-state index contributed by atoms with van der Waals surface area (Å²) in [5, 5.41) is 17.1. The van der Waals surface area contributed by atoms with Crippen molar-refractivity contribution in [2.24, 2.45) is 5.92 Å². The predicted molar refractivity (Wildman–Crippen MR) is 98.5 cm³/mol. The molecule has 25 heavy (non-hydrogen) atoms. The SMILES string of the molecule is CC(C)CC(=O)Nc1cc(N)c2[nH]cc3c2c1N/C(=C(\O)CC=O)C3. The van der Waals surface area contributed by atoms with E-state index in [0.29, 0.717) is 41.9 Å². The fraction of sp³-hybridized carbons (Fsp3) is 0.333. The maximum absolute atomic E-state index is 12.2. The zero-order valence-corrected chi connectivity index (χ0v) is 14.3. The van der Waals surface area contributed by atoms with E-state index in [4.69, 9.17) is 5.73 Å². The molecule has 1 amide bonds. The van der Waals surface area contributed by atoms with Gasteiger partial charge in [0.1, 0.15) is 12.0 Å². The fourth-order valence-electron chi connectivity index (χ4n) is 3.11. The maximum atomic E-state index is 12.2. The van der Waals surface area contributed by atoms with Crippen LogP contribution in [-0.2, 0) is 16.0 Å². The number of aldehydes is 1. The molecular weight excluding hydrogens is 320 g/mol. The fourth-order valence-corrected chi connectivity index (χ4v) is 3.11. The van der Waals surface area contributed by atoms with Crippen molar-refractivity contribution < 1.29 is 14.7 Å². The molecule has 0 spiro atoms. The van der Waals surface area contributed by atoms with E-state index in [-0.39, 0.29) is 24.0 Å². The molecule has 2 aromatic rings. The second-order valence-electron chi connectivity index (χ2n) is 6.70. The van der Waals surface area contributed by atoms with Crippen LogP contribution < -0.4 is 16.4 Å². The van der Waals surface area contributed by atoms with Crippen LogP contribution in [0.2, 0.25) is 0 Å². The van der Waals surface area contributed by atoms with Crippen LogP contribution in [0.3, 0.4) is 0 Å². The van der Waals surface area contributed by atoms with Crippen molar-refractivity contribution in [2.75, 3.05) is 16.4 Å². The van der Waals surface area contributed by atoms with E-state index < -0.39 is 0 Å². The molecule has 1 aromatic carbocycles. The minimum atomic E-state index is -0.0999. The Morgan fingerprint density at radius 1 is 1.48 bits per heavy atom. The van der Waals surface area contributed by atoms with Crippen molar-refractivity contribution in [2.45, 2.75) is 33.1 Å². The second kappa shape index (κ2) is 6.51. The van der Waals surface area contributed by atoms with Crippen LogP contribution in [0.4, 0.5) is 17.1 Å². The number of hydrogen-bond donors (Lipinski definition) is 5. The average molecular weight is 342 g/mol. The number of nitrogen functional groups attached to an aromatic ring is 1. The van der Waals surface area contributed by atoms with E-state index in [2.05, 4.69) is 15.6 Å². The van der Waals surface area contributed by atoms with Crippen LogP contribution >= 0.6 is 0 Å². The van der Waals surface area contributed by atoms with Crippen LogP contribution in [0.1, 0.15) is 32.3 Å². The molecule has 7 heteroatoms. The maximum Gasteiger partial charge on any atom is 0.224 e. The Hall–Kier alpha value is -2.96. The average Bonchev–Trinajstić information content (AvgIpc) is 2.96. The lowest BCUT2D eigenvalue weighted by molar-refractivity contribution is -0.116. The van der Waals surface area contributed by atoms with Crippen LogP contribution in [0.25, 0.3) is 10.9 Å². The van der Waals surface area contributed by atoms with E-state index in [1.54, 1.807) is 6.07 Å². The van der Waals surface area contributed by atoms with Crippen molar-refractivity contribution >= 4 is 40.2 Å². The molecular formula is C18H22N4O3. The third-order valence-electron chi connectivity index (χ3n) is 4.21. The van der Waals surface area contributed by atoms with Crippen LogP contribution in [0.5, 0.6) is 0 Å². The Kier molecular flexibility index (Phi) is 4.39.